The molecule has 3 aromatic rings. The lowest BCUT2D eigenvalue weighted by molar-refractivity contribution is 0.0690. The summed E-state index contributed by atoms with van der Waals surface area (Å²) >= 11 is 0. The van der Waals surface area contributed by atoms with Crippen molar-refractivity contribution in [1.82, 2.24) is 4.98 Å². The van der Waals surface area contributed by atoms with Gasteiger partial charge in [-0.2, -0.15) is 0 Å². The Kier molecular flexibility index (Phi) is 4.95. The van der Waals surface area contributed by atoms with E-state index in [-0.39, 0.29) is 5.69 Å². The molecule has 25 heavy (non-hydrogen) atoms. The molecule has 0 saturated heterocycles. The van der Waals surface area contributed by atoms with E-state index in [0.717, 1.165) is 22.7 Å². The summed E-state index contributed by atoms with van der Waals surface area (Å²) in [6.07, 6.45) is 1.56. The van der Waals surface area contributed by atoms with Crippen LogP contribution in [0.1, 0.15) is 16.1 Å². The molecule has 5 nitrogen and oxygen atoms in total. The van der Waals surface area contributed by atoms with Gasteiger partial charge in [0.05, 0.1) is 11.9 Å². The number of anilines is 1. The normalized spacial score (nSPS) is 10.3. The van der Waals surface area contributed by atoms with E-state index in [4.69, 9.17) is 9.84 Å². The Hall–Kier alpha value is -3.34. The van der Waals surface area contributed by atoms with E-state index < -0.39 is 5.97 Å². The van der Waals surface area contributed by atoms with E-state index in [0.29, 0.717) is 6.54 Å². The molecule has 5 heteroatoms. The van der Waals surface area contributed by atoms with Crippen molar-refractivity contribution in [2.45, 2.75) is 6.54 Å². The summed E-state index contributed by atoms with van der Waals surface area (Å²) in [5.41, 5.74) is 1.97. The van der Waals surface area contributed by atoms with E-state index in [9.17, 15) is 4.79 Å². The number of aromatic nitrogens is 1. The first kappa shape index (κ1) is 16.5. The molecule has 0 unspecified atom stereocenters. The largest absolute Gasteiger partial charge is 0.477 e. The highest BCUT2D eigenvalue weighted by Crippen LogP contribution is 2.23. The van der Waals surface area contributed by atoms with E-state index in [2.05, 4.69) is 4.98 Å². The second-order valence-electron chi connectivity index (χ2n) is 5.63. The molecule has 0 atom stereocenters. The maximum Gasteiger partial charge on any atom is 0.354 e. The lowest BCUT2D eigenvalue weighted by Gasteiger charge is -2.19. The molecule has 3 rings (SSSR count). The molecule has 0 radical (unpaired) electrons. The van der Waals surface area contributed by atoms with Crippen molar-refractivity contribution in [1.29, 1.82) is 0 Å². The maximum absolute atomic E-state index is 10.9. The van der Waals surface area contributed by atoms with Gasteiger partial charge in [-0.3, -0.25) is 0 Å². The van der Waals surface area contributed by atoms with Gasteiger partial charge in [0.15, 0.2) is 0 Å². The third-order valence-corrected chi connectivity index (χ3v) is 3.70. The number of benzene rings is 2. The van der Waals surface area contributed by atoms with Crippen LogP contribution in [0.4, 0.5) is 5.69 Å². The first-order chi connectivity index (χ1) is 12.1. The van der Waals surface area contributed by atoms with Crippen molar-refractivity contribution in [3.63, 3.8) is 0 Å². The van der Waals surface area contributed by atoms with Crippen LogP contribution in [0.3, 0.4) is 0 Å². The molecular weight excluding hydrogens is 316 g/mol. The van der Waals surface area contributed by atoms with Gasteiger partial charge >= 0.3 is 5.97 Å². The number of carbonyl (C=O) groups is 1. The summed E-state index contributed by atoms with van der Waals surface area (Å²) in [6.45, 7) is 0.653. The van der Waals surface area contributed by atoms with Crippen molar-refractivity contribution in [3.05, 3.63) is 84.2 Å². The number of carboxylic acid groups (broad SMARTS) is 1. The summed E-state index contributed by atoms with van der Waals surface area (Å²) in [4.78, 5) is 16.8. The first-order valence-corrected chi connectivity index (χ1v) is 7.84. The topological polar surface area (TPSA) is 62.7 Å². The maximum atomic E-state index is 10.9. The highest BCUT2D eigenvalue weighted by atomic mass is 16.5. The summed E-state index contributed by atoms with van der Waals surface area (Å²) < 4.78 is 5.85. The predicted molar refractivity (Wildman–Crippen MR) is 96.3 cm³/mol. The second kappa shape index (κ2) is 7.49. The lowest BCUT2D eigenvalue weighted by atomic mass is 10.2. The third-order valence-electron chi connectivity index (χ3n) is 3.70. The Bertz CT molecular complexity index is 848. The minimum atomic E-state index is -1.03. The molecule has 0 fully saturated rings. The van der Waals surface area contributed by atoms with Gasteiger partial charge in [0.25, 0.3) is 0 Å². The zero-order valence-corrected chi connectivity index (χ0v) is 13.8. The number of nitrogens with zero attached hydrogens (tertiary/aromatic N) is 2. The second-order valence-corrected chi connectivity index (χ2v) is 5.63. The van der Waals surface area contributed by atoms with E-state index >= 15 is 0 Å². The van der Waals surface area contributed by atoms with Crippen molar-refractivity contribution < 1.29 is 14.6 Å². The van der Waals surface area contributed by atoms with Crippen LogP contribution in [0.5, 0.6) is 11.5 Å². The summed E-state index contributed by atoms with van der Waals surface area (Å²) in [5, 5.41) is 8.91. The van der Waals surface area contributed by atoms with Crippen LogP contribution in [0.2, 0.25) is 0 Å². The molecule has 1 heterocycles. The Morgan fingerprint density at radius 2 is 1.80 bits per heavy atom. The van der Waals surface area contributed by atoms with Gasteiger partial charge < -0.3 is 14.7 Å². The number of rotatable bonds is 6. The van der Waals surface area contributed by atoms with Gasteiger partial charge in [-0.25, -0.2) is 9.78 Å². The molecule has 126 valence electrons. The van der Waals surface area contributed by atoms with Crippen LogP contribution in [0.25, 0.3) is 0 Å². The first-order valence-electron chi connectivity index (χ1n) is 7.84. The Morgan fingerprint density at radius 3 is 2.48 bits per heavy atom. The summed E-state index contributed by atoms with van der Waals surface area (Å²) in [7, 11) is 1.93. The van der Waals surface area contributed by atoms with Crippen molar-refractivity contribution in [2.24, 2.45) is 0 Å². The molecule has 0 aliphatic heterocycles. The number of ether oxygens (including phenoxy) is 1. The number of hydrogen-bond donors (Lipinski definition) is 1. The van der Waals surface area contributed by atoms with Crippen LogP contribution in [0.15, 0.2) is 72.9 Å². The fraction of sp³-hybridized carbons (Fsp3) is 0.100. The lowest BCUT2D eigenvalue weighted by Crippen LogP contribution is -2.17. The monoisotopic (exact) mass is 334 g/mol. The Morgan fingerprint density at radius 1 is 1.04 bits per heavy atom. The van der Waals surface area contributed by atoms with Crippen LogP contribution in [-0.2, 0) is 6.54 Å². The average molecular weight is 334 g/mol. The molecule has 0 spiro atoms. The molecule has 0 aliphatic carbocycles. The summed E-state index contributed by atoms with van der Waals surface area (Å²) in [5.74, 6) is 0.540. The SMILES string of the molecule is CN(Cc1cccc(Oc2ccccc2)c1)c1ccc(C(=O)O)nc1. The van der Waals surface area contributed by atoms with Crippen LogP contribution in [0, 0.1) is 0 Å². The number of carboxylic acids is 1. The molecule has 1 N–H and O–H groups in total. The Labute approximate surface area is 146 Å². The van der Waals surface area contributed by atoms with Crippen LogP contribution >= 0.6 is 0 Å². The molecule has 0 saturated carbocycles. The van der Waals surface area contributed by atoms with Gasteiger partial charge in [0, 0.05) is 13.6 Å². The number of para-hydroxylation sites is 1. The fourth-order valence-electron chi connectivity index (χ4n) is 2.44. The molecule has 0 amide bonds. The highest BCUT2D eigenvalue weighted by molar-refractivity contribution is 5.85. The number of hydrogen-bond acceptors (Lipinski definition) is 4. The average Bonchev–Trinajstić information content (AvgIpc) is 2.63. The molecule has 0 aliphatic rings. The van der Waals surface area contributed by atoms with E-state index in [1.54, 1.807) is 12.3 Å². The van der Waals surface area contributed by atoms with Gasteiger partial charge in [-0.05, 0) is 42.0 Å². The molecule has 1 aromatic heterocycles. The van der Waals surface area contributed by atoms with Crippen molar-refractivity contribution >= 4 is 11.7 Å². The quantitative estimate of drug-likeness (QED) is 0.732. The number of pyridine rings is 1. The minimum Gasteiger partial charge on any atom is -0.477 e. The predicted octanol–water partition coefficient (Wildman–Crippen LogP) is 4.21. The molecule has 2 aromatic carbocycles. The zero-order valence-electron chi connectivity index (χ0n) is 13.8. The van der Waals surface area contributed by atoms with E-state index in [1.807, 2.05) is 66.5 Å². The van der Waals surface area contributed by atoms with Gasteiger partial charge in [-0.1, -0.05) is 30.3 Å². The van der Waals surface area contributed by atoms with Gasteiger partial charge in [-0.15, -0.1) is 0 Å². The third kappa shape index (κ3) is 4.35. The van der Waals surface area contributed by atoms with Crippen molar-refractivity contribution in [2.75, 3.05) is 11.9 Å². The van der Waals surface area contributed by atoms with Gasteiger partial charge in [0.2, 0.25) is 0 Å². The fourth-order valence-corrected chi connectivity index (χ4v) is 2.44. The Balaban J connectivity index is 1.69. The van der Waals surface area contributed by atoms with Crippen LogP contribution < -0.4 is 9.64 Å². The molecule has 0 bridgehead atoms. The van der Waals surface area contributed by atoms with Crippen molar-refractivity contribution in [3.8, 4) is 11.5 Å². The molecular formula is C20H18N2O3. The van der Waals surface area contributed by atoms with Gasteiger partial charge in [0.1, 0.15) is 17.2 Å². The summed E-state index contributed by atoms with van der Waals surface area (Å²) in [6, 6.07) is 20.8. The standard InChI is InChI=1S/C20H18N2O3/c1-22(16-10-11-19(20(23)24)21-13-16)14-15-6-5-9-18(12-15)25-17-7-3-2-4-8-17/h2-13H,14H2,1H3,(H,23,24). The van der Waals surface area contributed by atoms with Crippen LogP contribution in [-0.4, -0.2) is 23.1 Å². The highest BCUT2D eigenvalue weighted by Gasteiger charge is 2.07. The minimum absolute atomic E-state index is 0.0374. The van der Waals surface area contributed by atoms with E-state index in [1.165, 1.54) is 6.07 Å². The zero-order chi connectivity index (χ0) is 17.6. The number of aromatic carboxylic acids is 1. The smallest absolute Gasteiger partial charge is 0.354 e.